The first-order valence-corrected chi connectivity index (χ1v) is 6.62. The molecule has 1 aromatic rings. The number of aromatic nitrogens is 2. The minimum absolute atomic E-state index is 0.175. The third-order valence-corrected chi connectivity index (χ3v) is 3.96. The zero-order chi connectivity index (χ0) is 13.2. The van der Waals surface area contributed by atoms with Gasteiger partial charge in [-0.2, -0.15) is 5.10 Å². The van der Waals surface area contributed by atoms with Crippen LogP contribution in [0.5, 0.6) is 0 Å². The van der Waals surface area contributed by atoms with Gasteiger partial charge in [-0.25, -0.2) is 0 Å². The Hall–Kier alpha value is -0.540. The highest BCUT2D eigenvalue weighted by Crippen LogP contribution is 2.22. The van der Waals surface area contributed by atoms with Crippen molar-refractivity contribution in [3.63, 3.8) is 0 Å². The van der Waals surface area contributed by atoms with Gasteiger partial charge in [0.25, 0.3) is 0 Å². The molecule has 1 atom stereocenters. The van der Waals surface area contributed by atoms with Crippen molar-refractivity contribution in [3.05, 3.63) is 16.4 Å². The Morgan fingerprint density at radius 3 is 2.41 bits per heavy atom. The average Bonchev–Trinajstić information content (AvgIpc) is 2.54. The summed E-state index contributed by atoms with van der Waals surface area (Å²) in [7, 11) is 0. The highest BCUT2D eigenvalue weighted by Gasteiger charge is 2.18. The molecule has 0 aromatic carbocycles. The minimum atomic E-state index is 0.175. The van der Waals surface area contributed by atoms with Crippen LogP contribution in [0.2, 0.25) is 5.02 Å². The first kappa shape index (κ1) is 14.5. The van der Waals surface area contributed by atoms with Crippen LogP contribution in [0.4, 0.5) is 0 Å². The summed E-state index contributed by atoms with van der Waals surface area (Å²) in [4.78, 5) is 0. The van der Waals surface area contributed by atoms with Crippen LogP contribution < -0.4 is 5.32 Å². The maximum atomic E-state index is 6.16. The Bertz CT molecular complexity index is 382. The van der Waals surface area contributed by atoms with Crippen LogP contribution in [0.15, 0.2) is 0 Å². The topological polar surface area (TPSA) is 29.9 Å². The number of nitrogens with one attached hydrogen (secondary N) is 1. The molecule has 17 heavy (non-hydrogen) atoms. The van der Waals surface area contributed by atoms with Crippen LogP contribution in [-0.2, 0) is 0 Å². The standard InChI is InChI=1S/C13H24ClN3/c1-7-13(5,6)15-8-9(2)17-11(4)12(14)10(3)16-17/h9,15H,7-8H2,1-6H3. The van der Waals surface area contributed by atoms with Gasteiger partial charge in [0.15, 0.2) is 0 Å². The maximum Gasteiger partial charge on any atom is 0.0844 e. The van der Waals surface area contributed by atoms with Gasteiger partial charge in [0, 0.05) is 12.1 Å². The summed E-state index contributed by atoms with van der Waals surface area (Å²) in [5.41, 5.74) is 2.13. The number of hydrogen-bond acceptors (Lipinski definition) is 2. The number of halogens is 1. The molecular formula is C13H24ClN3. The van der Waals surface area contributed by atoms with E-state index in [1.54, 1.807) is 0 Å². The van der Waals surface area contributed by atoms with Crippen molar-refractivity contribution in [2.24, 2.45) is 0 Å². The first-order valence-electron chi connectivity index (χ1n) is 6.24. The second-order valence-corrected chi connectivity index (χ2v) is 5.77. The fourth-order valence-electron chi connectivity index (χ4n) is 1.71. The molecule has 0 aliphatic rings. The predicted octanol–water partition coefficient (Wildman–Crippen LogP) is 3.49. The lowest BCUT2D eigenvalue weighted by molar-refractivity contribution is 0.333. The summed E-state index contributed by atoms with van der Waals surface area (Å²) in [5.74, 6) is 0. The highest BCUT2D eigenvalue weighted by molar-refractivity contribution is 6.31. The summed E-state index contributed by atoms with van der Waals surface area (Å²) in [6.45, 7) is 13.7. The molecule has 1 heterocycles. The van der Waals surface area contributed by atoms with E-state index in [-0.39, 0.29) is 5.54 Å². The van der Waals surface area contributed by atoms with Crippen LogP contribution in [-0.4, -0.2) is 21.9 Å². The monoisotopic (exact) mass is 257 g/mol. The molecule has 1 unspecified atom stereocenters. The minimum Gasteiger partial charge on any atom is -0.310 e. The van der Waals surface area contributed by atoms with E-state index in [0.29, 0.717) is 6.04 Å². The summed E-state index contributed by atoms with van der Waals surface area (Å²) in [5, 5.41) is 8.82. The van der Waals surface area contributed by atoms with Crippen molar-refractivity contribution in [1.29, 1.82) is 0 Å². The molecule has 3 nitrogen and oxygen atoms in total. The van der Waals surface area contributed by atoms with Crippen molar-refractivity contribution < 1.29 is 0 Å². The predicted molar refractivity (Wildman–Crippen MR) is 73.8 cm³/mol. The molecule has 0 radical (unpaired) electrons. The van der Waals surface area contributed by atoms with Gasteiger partial charge in [0.05, 0.1) is 22.5 Å². The smallest absolute Gasteiger partial charge is 0.0844 e. The van der Waals surface area contributed by atoms with E-state index < -0.39 is 0 Å². The van der Waals surface area contributed by atoms with Gasteiger partial charge in [-0.1, -0.05) is 18.5 Å². The Morgan fingerprint density at radius 2 is 2.00 bits per heavy atom. The summed E-state index contributed by atoms with van der Waals surface area (Å²) in [6.07, 6.45) is 1.11. The maximum absolute atomic E-state index is 6.16. The second kappa shape index (κ2) is 5.40. The summed E-state index contributed by atoms with van der Waals surface area (Å²) in [6, 6.07) is 0.312. The number of hydrogen-bond donors (Lipinski definition) is 1. The van der Waals surface area contributed by atoms with Crippen molar-refractivity contribution in [3.8, 4) is 0 Å². The van der Waals surface area contributed by atoms with E-state index in [2.05, 4.69) is 38.1 Å². The van der Waals surface area contributed by atoms with Gasteiger partial charge in [0.1, 0.15) is 0 Å². The fraction of sp³-hybridized carbons (Fsp3) is 0.769. The zero-order valence-electron chi connectivity index (χ0n) is 11.8. The van der Waals surface area contributed by atoms with Crippen molar-refractivity contribution in [1.82, 2.24) is 15.1 Å². The third-order valence-electron chi connectivity index (χ3n) is 3.41. The Morgan fingerprint density at radius 1 is 1.41 bits per heavy atom. The van der Waals surface area contributed by atoms with Crippen molar-refractivity contribution in [2.75, 3.05) is 6.54 Å². The molecular weight excluding hydrogens is 234 g/mol. The Labute approximate surface area is 110 Å². The lowest BCUT2D eigenvalue weighted by Crippen LogP contribution is -2.41. The summed E-state index contributed by atoms with van der Waals surface area (Å²) < 4.78 is 2.01. The molecule has 4 heteroatoms. The molecule has 0 saturated carbocycles. The summed E-state index contributed by atoms with van der Waals surface area (Å²) >= 11 is 6.16. The van der Waals surface area contributed by atoms with E-state index in [1.807, 2.05) is 18.5 Å². The van der Waals surface area contributed by atoms with Crippen molar-refractivity contribution >= 4 is 11.6 Å². The molecule has 98 valence electrons. The number of nitrogens with zero attached hydrogens (tertiary/aromatic N) is 2. The normalized spacial score (nSPS) is 14.1. The van der Waals surface area contributed by atoms with Crippen molar-refractivity contribution in [2.45, 2.75) is 59.5 Å². The molecule has 0 aliphatic heterocycles. The molecule has 0 spiro atoms. The molecule has 1 N–H and O–H groups in total. The highest BCUT2D eigenvalue weighted by atomic mass is 35.5. The number of aryl methyl sites for hydroxylation is 1. The van der Waals surface area contributed by atoms with Gasteiger partial charge in [0.2, 0.25) is 0 Å². The number of rotatable bonds is 5. The van der Waals surface area contributed by atoms with E-state index >= 15 is 0 Å². The molecule has 0 fully saturated rings. The third kappa shape index (κ3) is 3.46. The van der Waals surface area contributed by atoms with Gasteiger partial charge in [-0.15, -0.1) is 0 Å². The van der Waals surface area contributed by atoms with E-state index in [4.69, 9.17) is 11.6 Å². The SMILES string of the molecule is CCC(C)(C)NCC(C)n1nc(C)c(Cl)c1C. The van der Waals surface area contributed by atoms with Crippen LogP contribution in [0.25, 0.3) is 0 Å². The van der Waals surface area contributed by atoms with Crippen LogP contribution in [0.3, 0.4) is 0 Å². The Kier molecular flexibility index (Phi) is 4.62. The van der Waals surface area contributed by atoms with Gasteiger partial charge >= 0.3 is 0 Å². The van der Waals surface area contributed by atoms with Gasteiger partial charge < -0.3 is 5.32 Å². The second-order valence-electron chi connectivity index (χ2n) is 5.40. The largest absolute Gasteiger partial charge is 0.310 e. The zero-order valence-corrected chi connectivity index (χ0v) is 12.5. The molecule has 1 rings (SSSR count). The lowest BCUT2D eigenvalue weighted by Gasteiger charge is -2.27. The van der Waals surface area contributed by atoms with E-state index in [0.717, 1.165) is 29.4 Å². The molecule has 0 saturated heterocycles. The molecule has 0 bridgehead atoms. The van der Waals surface area contributed by atoms with Gasteiger partial charge in [-0.3, -0.25) is 4.68 Å². The molecule has 0 amide bonds. The quantitative estimate of drug-likeness (QED) is 0.875. The van der Waals surface area contributed by atoms with Crippen LogP contribution in [0, 0.1) is 13.8 Å². The Balaban J connectivity index is 2.70. The van der Waals surface area contributed by atoms with Gasteiger partial charge in [-0.05, 0) is 41.0 Å². The van der Waals surface area contributed by atoms with Crippen LogP contribution >= 0.6 is 11.6 Å². The van der Waals surface area contributed by atoms with Crippen LogP contribution in [0.1, 0.15) is 51.5 Å². The molecule has 1 aromatic heterocycles. The van der Waals surface area contributed by atoms with E-state index in [1.165, 1.54) is 0 Å². The van der Waals surface area contributed by atoms with E-state index in [9.17, 15) is 0 Å². The lowest BCUT2D eigenvalue weighted by atomic mass is 10.0. The fourth-order valence-corrected chi connectivity index (χ4v) is 1.83. The average molecular weight is 258 g/mol. The molecule has 0 aliphatic carbocycles. The first-order chi connectivity index (χ1) is 7.78.